The number of phenolic OH excluding ortho intramolecular Hbond substituents is 1. The number of amides is 2. The van der Waals surface area contributed by atoms with Crippen LogP contribution >= 0.6 is 0 Å². The Morgan fingerprint density at radius 3 is 1.87 bits per heavy atom. The van der Waals surface area contributed by atoms with Crippen molar-refractivity contribution in [2.45, 2.75) is 24.9 Å². The summed E-state index contributed by atoms with van der Waals surface area (Å²) >= 11 is 0. The molecule has 0 aromatic heterocycles. The maximum atomic E-state index is 13.8. The lowest BCUT2D eigenvalue weighted by atomic mass is 9.61. The number of methoxy groups -OCH3 is 2. The summed E-state index contributed by atoms with van der Waals surface area (Å²) in [7, 11) is 2.93. The van der Waals surface area contributed by atoms with E-state index in [1.807, 2.05) is 0 Å². The molecule has 0 aliphatic heterocycles. The SMILES string of the molecule is COc1ccccc1NC(=O)[C@H]1C(=O)C[C@@](C)(O)[C@@H](C(=O)Nc2ccccc2OC)[C@H]1c1ccc(O)cc1. The molecule has 3 aromatic carbocycles. The first-order valence-corrected chi connectivity index (χ1v) is 12.1. The predicted octanol–water partition coefficient (Wildman–Crippen LogP) is 3.73. The Kier molecular flexibility index (Phi) is 7.68. The summed E-state index contributed by atoms with van der Waals surface area (Å²) in [6.07, 6.45) is -0.407. The van der Waals surface area contributed by atoms with Crippen LogP contribution in [-0.2, 0) is 14.4 Å². The van der Waals surface area contributed by atoms with Crippen LogP contribution in [0.15, 0.2) is 72.8 Å². The fraction of sp³-hybridized carbons (Fsp3) is 0.276. The fourth-order valence-electron chi connectivity index (χ4n) is 5.11. The second kappa shape index (κ2) is 10.9. The Hall–Kier alpha value is -4.37. The average Bonchev–Trinajstić information content (AvgIpc) is 2.88. The second-order valence-corrected chi connectivity index (χ2v) is 9.45. The van der Waals surface area contributed by atoms with Crippen LogP contribution in [0.4, 0.5) is 11.4 Å². The zero-order chi connectivity index (χ0) is 27.4. The number of benzene rings is 3. The van der Waals surface area contributed by atoms with Crippen LogP contribution in [0.3, 0.4) is 0 Å². The van der Waals surface area contributed by atoms with Crippen LogP contribution in [0, 0.1) is 11.8 Å². The molecule has 9 heteroatoms. The summed E-state index contributed by atoms with van der Waals surface area (Å²) in [5.74, 6) is -4.49. The minimum absolute atomic E-state index is 0.0207. The van der Waals surface area contributed by atoms with Crippen molar-refractivity contribution in [1.29, 1.82) is 0 Å². The lowest BCUT2D eigenvalue weighted by Crippen LogP contribution is -2.56. The maximum Gasteiger partial charge on any atom is 0.235 e. The molecule has 38 heavy (non-hydrogen) atoms. The van der Waals surface area contributed by atoms with Crippen molar-refractivity contribution in [3.8, 4) is 17.2 Å². The van der Waals surface area contributed by atoms with Crippen LogP contribution in [0.2, 0.25) is 0 Å². The largest absolute Gasteiger partial charge is 0.508 e. The predicted molar refractivity (Wildman–Crippen MR) is 141 cm³/mol. The van der Waals surface area contributed by atoms with Gasteiger partial charge in [0.1, 0.15) is 28.9 Å². The van der Waals surface area contributed by atoms with Crippen molar-refractivity contribution in [3.63, 3.8) is 0 Å². The van der Waals surface area contributed by atoms with E-state index in [1.165, 1.54) is 33.3 Å². The molecule has 4 rings (SSSR count). The number of carbonyl (C=O) groups is 3. The van der Waals surface area contributed by atoms with Gasteiger partial charge in [0, 0.05) is 12.3 Å². The highest BCUT2D eigenvalue weighted by Gasteiger charge is 2.56. The van der Waals surface area contributed by atoms with Crippen molar-refractivity contribution in [2.75, 3.05) is 24.9 Å². The Morgan fingerprint density at radius 1 is 0.842 bits per heavy atom. The third kappa shape index (κ3) is 5.33. The monoisotopic (exact) mass is 518 g/mol. The minimum atomic E-state index is -1.77. The van der Waals surface area contributed by atoms with Gasteiger partial charge < -0.3 is 30.3 Å². The smallest absolute Gasteiger partial charge is 0.235 e. The summed E-state index contributed by atoms with van der Waals surface area (Å²) < 4.78 is 10.7. The van der Waals surface area contributed by atoms with Gasteiger partial charge in [0.25, 0.3) is 0 Å². The molecule has 0 radical (unpaired) electrons. The maximum absolute atomic E-state index is 13.8. The van der Waals surface area contributed by atoms with E-state index in [0.717, 1.165) is 0 Å². The van der Waals surface area contributed by atoms with Gasteiger partial charge in [-0.2, -0.15) is 0 Å². The van der Waals surface area contributed by atoms with Gasteiger partial charge in [0.15, 0.2) is 0 Å². The standard InChI is InChI=1S/C29H30N2O7/c1-29(36)16-21(33)25(27(34)30-19-8-4-6-10-22(19)37-2)24(17-12-14-18(32)15-13-17)26(29)28(35)31-20-9-5-7-11-23(20)38-3/h4-15,24-26,32,36H,16H2,1-3H3,(H,30,34)(H,31,35)/t24-,25-,26+,29+/m0/s1. The van der Waals surface area contributed by atoms with Gasteiger partial charge in [0.2, 0.25) is 11.8 Å². The van der Waals surface area contributed by atoms with E-state index in [-0.39, 0.29) is 5.75 Å². The number of aliphatic hydroxyl groups is 1. The molecule has 9 nitrogen and oxygen atoms in total. The molecule has 0 spiro atoms. The van der Waals surface area contributed by atoms with Gasteiger partial charge in [-0.1, -0.05) is 36.4 Å². The molecule has 0 unspecified atom stereocenters. The highest BCUT2D eigenvalue weighted by Crippen LogP contribution is 2.47. The van der Waals surface area contributed by atoms with E-state index in [1.54, 1.807) is 60.7 Å². The van der Waals surface area contributed by atoms with Crippen molar-refractivity contribution in [1.82, 2.24) is 0 Å². The quantitative estimate of drug-likeness (QED) is 0.350. The van der Waals surface area contributed by atoms with Crippen LogP contribution in [0.5, 0.6) is 17.2 Å². The van der Waals surface area contributed by atoms with Gasteiger partial charge in [-0.05, 0) is 48.9 Å². The van der Waals surface area contributed by atoms with Gasteiger partial charge >= 0.3 is 0 Å². The summed E-state index contributed by atoms with van der Waals surface area (Å²) in [5, 5.41) is 26.8. The topological polar surface area (TPSA) is 134 Å². The number of rotatable bonds is 7. The van der Waals surface area contributed by atoms with E-state index < -0.39 is 47.4 Å². The average molecular weight is 519 g/mol. The Morgan fingerprint density at radius 2 is 1.34 bits per heavy atom. The number of Topliss-reactive ketones (excluding diaryl/α,β-unsaturated/α-hetero) is 1. The number of ether oxygens (including phenoxy) is 2. The molecule has 1 aliphatic rings. The van der Waals surface area contributed by atoms with Crippen LogP contribution in [0.25, 0.3) is 0 Å². The molecule has 198 valence electrons. The second-order valence-electron chi connectivity index (χ2n) is 9.45. The molecule has 2 amide bonds. The van der Waals surface area contributed by atoms with E-state index in [2.05, 4.69) is 10.6 Å². The molecule has 1 aliphatic carbocycles. The van der Waals surface area contributed by atoms with Gasteiger partial charge in [-0.3, -0.25) is 14.4 Å². The van der Waals surface area contributed by atoms with Crippen molar-refractivity contribution in [2.24, 2.45) is 11.8 Å². The van der Waals surface area contributed by atoms with Gasteiger partial charge in [-0.15, -0.1) is 0 Å². The van der Waals surface area contributed by atoms with E-state index in [0.29, 0.717) is 28.4 Å². The van der Waals surface area contributed by atoms with Gasteiger partial charge in [-0.25, -0.2) is 0 Å². The third-order valence-corrected chi connectivity index (χ3v) is 6.84. The van der Waals surface area contributed by atoms with Crippen molar-refractivity contribution >= 4 is 29.0 Å². The summed E-state index contributed by atoms with van der Waals surface area (Å²) in [4.78, 5) is 40.9. The first-order valence-electron chi connectivity index (χ1n) is 12.1. The van der Waals surface area contributed by atoms with E-state index >= 15 is 0 Å². The number of phenols is 1. The molecule has 1 fully saturated rings. The van der Waals surface area contributed by atoms with Gasteiger partial charge in [0.05, 0.1) is 37.1 Å². The number of aromatic hydroxyl groups is 1. The number of hydrogen-bond donors (Lipinski definition) is 4. The van der Waals surface area contributed by atoms with E-state index in [9.17, 15) is 24.6 Å². The number of anilines is 2. The summed E-state index contributed by atoms with van der Waals surface area (Å²) in [6, 6.07) is 19.5. The first kappa shape index (κ1) is 26.7. The van der Waals surface area contributed by atoms with Crippen molar-refractivity contribution in [3.05, 3.63) is 78.4 Å². The van der Waals surface area contributed by atoms with E-state index in [4.69, 9.17) is 9.47 Å². The zero-order valence-corrected chi connectivity index (χ0v) is 21.3. The highest BCUT2D eigenvalue weighted by atomic mass is 16.5. The number of carbonyl (C=O) groups excluding carboxylic acids is 3. The molecule has 4 N–H and O–H groups in total. The van der Waals surface area contributed by atoms with Crippen LogP contribution in [0.1, 0.15) is 24.8 Å². The van der Waals surface area contributed by atoms with Crippen molar-refractivity contribution < 1.29 is 34.1 Å². The molecule has 4 atom stereocenters. The molecule has 3 aromatic rings. The van der Waals surface area contributed by atoms with Crippen LogP contribution in [-0.4, -0.2) is 47.6 Å². The number of hydrogen-bond acceptors (Lipinski definition) is 7. The molecular weight excluding hydrogens is 488 g/mol. The molecule has 0 bridgehead atoms. The third-order valence-electron chi connectivity index (χ3n) is 6.84. The zero-order valence-electron chi connectivity index (χ0n) is 21.3. The van der Waals surface area contributed by atoms with Crippen LogP contribution < -0.4 is 20.1 Å². The lowest BCUT2D eigenvalue weighted by Gasteiger charge is -2.44. The number of ketones is 1. The number of nitrogens with one attached hydrogen (secondary N) is 2. The summed E-state index contributed by atoms with van der Waals surface area (Å²) in [6.45, 7) is 1.42. The molecular formula is C29H30N2O7. The minimum Gasteiger partial charge on any atom is -0.508 e. The highest BCUT2D eigenvalue weighted by molar-refractivity contribution is 6.11. The number of para-hydroxylation sites is 4. The Labute approximate surface area is 220 Å². The molecule has 0 heterocycles. The fourth-order valence-corrected chi connectivity index (χ4v) is 5.11. The molecule has 1 saturated carbocycles. The Balaban J connectivity index is 1.78. The first-order chi connectivity index (χ1) is 18.2. The molecule has 0 saturated heterocycles. The lowest BCUT2D eigenvalue weighted by molar-refractivity contribution is -0.150. The normalized spacial score (nSPS) is 22.8. The summed E-state index contributed by atoms with van der Waals surface area (Å²) in [5.41, 5.74) is -0.583. The Bertz CT molecular complexity index is 1340.